The standard InChI is InChI=1S/C20H20N4O4S/c1-13-3-5-15(6-4-13)18-11-12-19(25)24(23-18)14(2)20(26)22-16-7-9-17(10-8-16)29(21,27)28/h3-12,14H,1-2H3,(H,22,26)(H2,21,27,28). The highest BCUT2D eigenvalue weighted by Crippen LogP contribution is 2.18. The van der Waals surface area contributed by atoms with Gasteiger partial charge in [0.1, 0.15) is 6.04 Å². The average molecular weight is 412 g/mol. The van der Waals surface area contributed by atoms with Gasteiger partial charge in [0.15, 0.2) is 0 Å². The summed E-state index contributed by atoms with van der Waals surface area (Å²) in [4.78, 5) is 24.8. The zero-order valence-electron chi connectivity index (χ0n) is 15.9. The predicted molar refractivity (Wildman–Crippen MR) is 110 cm³/mol. The highest BCUT2D eigenvalue weighted by Gasteiger charge is 2.18. The maximum Gasteiger partial charge on any atom is 0.267 e. The van der Waals surface area contributed by atoms with Gasteiger partial charge < -0.3 is 5.32 Å². The van der Waals surface area contributed by atoms with Gasteiger partial charge in [-0.1, -0.05) is 29.8 Å². The number of nitrogens with two attached hydrogens (primary N) is 1. The molecule has 0 saturated carbocycles. The van der Waals surface area contributed by atoms with Gasteiger partial charge in [0.05, 0.1) is 10.6 Å². The van der Waals surface area contributed by atoms with Crippen LogP contribution in [0.1, 0.15) is 18.5 Å². The summed E-state index contributed by atoms with van der Waals surface area (Å²) in [5, 5.41) is 12.0. The molecule has 3 rings (SSSR count). The van der Waals surface area contributed by atoms with Crippen molar-refractivity contribution in [3.05, 3.63) is 76.6 Å². The summed E-state index contributed by atoms with van der Waals surface area (Å²) in [6.07, 6.45) is 0. The van der Waals surface area contributed by atoms with Crippen molar-refractivity contribution < 1.29 is 13.2 Å². The first-order valence-electron chi connectivity index (χ1n) is 8.76. The summed E-state index contributed by atoms with van der Waals surface area (Å²) < 4.78 is 23.7. The number of aryl methyl sites for hydroxylation is 1. The molecule has 2 aromatic carbocycles. The fraction of sp³-hybridized carbons (Fsp3) is 0.150. The molecule has 0 aliphatic rings. The molecule has 0 saturated heterocycles. The van der Waals surface area contributed by atoms with Crippen molar-refractivity contribution in [1.29, 1.82) is 0 Å². The number of primary sulfonamides is 1. The molecule has 1 heterocycles. The Kier molecular flexibility index (Phi) is 5.62. The van der Waals surface area contributed by atoms with E-state index in [2.05, 4.69) is 10.4 Å². The van der Waals surface area contributed by atoms with Crippen LogP contribution in [0.3, 0.4) is 0 Å². The number of carbonyl (C=O) groups excluding carboxylic acids is 1. The Labute approximate surface area is 168 Å². The molecule has 1 aromatic heterocycles. The zero-order chi connectivity index (χ0) is 21.2. The topological polar surface area (TPSA) is 124 Å². The van der Waals surface area contributed by atoms with Gasteiger partial charge in [-0.15, -0.1) is 0 Å². The third-order valence-electron chi connectivity index (χ3n) is 4.37. The molecule has 3 aromatic rings. The zero-order valence-corrected chi connectivity index (χ0v) is 16.7. The van der Waals surface area contributed by atoms with Crippen LogP contribution in [0.25, 0.3) is 11.3 Å². The number of carbonyl (C=O) groups is 1. The lowest BCUT2D eigenvalue weighted by Gasteiger charge is -2.15. The third-order valence-corrected chi connectivity index (χ3v) is 5.30. The number of aromatic nitrogens is 2. The normalized spacial score (nSPS) is 12.4. The average Bonchev–Trinajstić information content (AvgIpc) is 2.68. The minimum absolute atomic E-state index is 0.0627. The van der Waals surface area contributed by atoms with Crippen molar-refractivity contribution in [3.8, 4) is 11.3 Å². The number of rotatable bonds is 5. The maximum absolute atomic E-state index is 12.6. The van der Waals surface area contributed by atoms with Crippen molar-refractivity contribution in [2.24, 2.45) is 5.14 Å². The molecule has 8 nitrogen and oxygen atoms in total. The van der Waals surface area contributed by atoms with Crippen LogP contribution in [0, 0.1) is 6.92 Å². The molecule has 9 heteroatoms. The Bertz CT molecular complexity index is 1200. The molecular formula is C20H20N4O4S. The molecule has 0 aliphatic carbocycles. The monoisotopic (exact) mass is 412 g/mol. The Morgan fingerprint density at radius 1 is 1.03 bits per heavy atom. The van der Waals surface area contributed by atoms with Crippen molar-refractivity contribution >= 4 is 21.6 Å². The highest BCUT2D eigenvalue weighted by molar-refractivity contribution is 7.89. The number of anilines is 1. The minimum Gasteiger partial charge on any atom is -0.324 e. The number of nitrogens with zero attached hydrogens (tertiary/aromatic N) is 2. The van der Waals surface area contributed by atoms with E-state index in [1.54, 1.807) is 13.0 Å². The van der Waals surface area contributed by atoms with Gasteiger partial charge in [-0.25, -0.2) is 18.2 Å². The molecular weight excluding hydrogens is 392 g/mol. The van der Waals surface area contributed by atoms with Crippen LogP contribution in [0.4, 0.5) is 5.69 Å². The van der Waals surface area contributed by atoms with Crippen LogP contribution in [0.15, 0.2) is 70.4 Å². The molecule has 29 heavy (non-hydrogen) atoms. The molecule has 1 amide bonds. The summed E-state index contributed by atoms with van der Waals surface area (Å²) in [7, 11) is -3.82. The smallest absolute Gasteiger partial charge is 0.267 e. The number of sulfonamides is 1. The van der Waals surface area contributed by atoms with Crippen LogP contribution < -0.4 is 16.0 Å². The lowest BCUT2D eigenvalue weighted by atomic mass is 10.1. The molecule has 1 atom stereocenters. The van der Waals surface area contributed by atoms with E-state index in [1.165, 1.54) is 30.3 Å². The van der Waals surface area contributed by atoms with Gasteiger partial charge in [-0.05, 0) is 44.2 Å². The Morgan fingerprint density at radius 3 is 2.24 bits per heavy atom. The molecule has 0 fully saturated rings. The summed E-state index contributed by atoms with van der Waals surface area (Å²) >= 11 is 0. The van der Waals surface area contributed by atoms with Crippen molar-refractivity contribution in [3.63, 3.8) is 0 Å². The Morgan fingerprint density at radius 2 is 1.66 bits per heavy atom. The molecule has 0 radical (unpaired) electrons. The van der Waals surface area contributed by atoms with Crippen LogP contribution >= 0.6 is 0 Å². The van der Waals surface area contributed by atoms with Crippen LogP contribution in [-0.2, 0) is 14.8 Å². The van der Waals surface area contributed by atoms with Crippen molar-refractivity contribution in [2.45, 2.75) is 24.8 Å². The number of nitrogens with one attached hydrogen (secondary N) is 1. The summed E-state index contributed by atoms with van der Waals surface area (Å²) in [6, 6.07) is 15.2. The van der Waals surface area contributed by atoms with E-state index in [-0.39, 0.29) is 4.90 Å². The van der Waals surface area contributed by atoms with E-state index in [0.29, 0.717) is 11.4 Å². The maximum atomic E-state index is 12.6. The SMILES string of the molecule is Cc1ccc(-c2ccc(=O)n(C(C)C(=O)Nc3ccc(S(N)(=O)=O)cc3)n2)cc1. The van der Waals surface area contributed by atoms with Crippen molar-refractivity contribution in [2.75, 3.05) is 5.32 Å². The first-order chi connectivity index (χ1) is 13.6. The van der Waals surface area contributed by atoms with E-state index in [0.717, 1.165) is 15.8 Å². The van der Waals surface area contributed by atoms with Crippen LogP contribution in [-0.4, -0.2) is 24.1 Å². The van der Waals surface area contributed by atoms with Crippen molar-refractivity contribution in [1.82, 2.24) is 9.78 Å². The Balaban J connectivity index is 1.83. The molecule has 0 bridgehead atoms. The number of benzene rings is 2. The van der Waals surface area contributed by atoms with E-state index in [4.69, 9.17) is 5.14 Å². The van der Waals surface area contributed by atoms with E-state index in [1.807, 2.05) is 31.2 Å². The lowest BCUT2D eigenvalue weighted by Crippen LogP contribution is -2.33. The quantitative estimate of drug-likeness (QED) is 0.664. The van der Waals surface area contributed by atoms with Crippen LogP contribution in [0.2, 0.25) is 0 Å². The van der Waals surface area contributed by atoms with E-state index >= 15 is 0 Å². The highest BCUT2D eigenvalue weighted by atomic mass is 32.2. The Hall–Kier alpha value is -3.30. The number of hydrogen-bond donors (Lipinski definition) is 2. The van der Waals surface area contributed by atoms with Gasteiger partial charge in [-0.3, -0.25) is 9.59 Å². The van der Waals surface area contributed by atoms with Crippen LogP contribution in [0.5, 0.6) is 0 Å². The fourth-order valence-corrected chi connectivity index (χ4v) is 3.18. The second kappa shape index (κ2) is 7.98. The largest absolute Gasteiger partial charge is 0.324 e. The van der Waals surface area contributed by atoms with Gasteiger partial charge in [0.2, 0.25) is 15.9 Å². The second-order valence-corrected chi connectivity index (χ2v) is 8.16. The van der Waals surface area contributed by atoms with Gasteiger partial charge in [0.25, 0.3) is 5.56 Å². The van der Waals surface area contributed by atoms with E-state index < -0.39 is 27.5 Å². The summed E-state index contributed by atoms with van der Waals surface area (Å²) in [5.74, 6) is -0.469. The minimum atomic E-state index is -3.82. The molecule has 0 spiro atoms. The summed E-state index contributed by atoms with van der Waals surface area (Å²) in [5.41, 5.74) is 2.46. The van der Waals surface area contributed by atoms with E-state index in [9.17, 15) is 18.0 Å². The molecule has 1 unspecified atom stereocenters. The fourth-order valence-electron chi connectivity index (χ4n) is 2.67. The molecule has 3 N–H and O–H groups in total. The van der Waals surface area contributed by atoms with Gasteiger partial charge in [-0.2, -0.15) is 5.10 Å². The predicted octanol–water partition coefficient (Wildman–Crippen LogP) is 2.07. The summed E-state index contributed by atoms with van der Waals surface area (Å²) in [6.45, 7) is 3.53. The molecule has 0 aliphatic heterocycles. The number of amides is 1. The number of hydrogen-bond acceptors (Lipinski definition) is 5. The lowest BCUT2D eigenvalue weighted by molar-refractivity contribution is -0.119. The first-order valence-corrected chi connectivity index (χ1v) is 10.3. The van der Waals surface area contributed by atoms with Gasteiger partial charge in [0, 0.05) is 17.3 Å². The third kappa shape index (κ3) is 4.76. The second-order valence-electron chi connectivity index (χ2n) is 6.60. The first kappa shape index (κ1) is 20.4. The molecule has 150 valence electrons. The van der Waals surface area contributed by atoms with Gasteiger partial charge >= 0.3 is 0 Å².